The van der Waals surface area contributed by atoms with Gasteiger partial charge in [-0.2, -0.15) is 0 Å². The lowest BCUT2D eigenvalue weighted by atomic mass is 9.89. The van der Waals surface area contributed by atoms with Crippen LogP contribution in [0.25, 0.3) is 5.70 Å². The highest BCUT2D eigenvalue weighted by Gasteiger charge is 2.35. The number of hydrogen-bond acceptors (Lipinski definition) is 5. The summed E-state index contributed by atoms with van der Waals surface area (Å²) in [5.74, 6) is 1.19. The Balaban J connectivity index is 1.67. The van der Waals surface area contributed by atoms with Crippen LogP contribution in [0.4, 0.5) is 5.69 Å². The van der Waals surface area contributed by atoms with Crippen molar-refractivity contribution in [3.05, 3.63) is 95.6 Å². The Bertz CT molecular complexity index is 1110. The molecule has 1 heterocycles. The first-order chi connectivity index (χ1) is 16.0. The maximum absolute atomic E-state index is 5.98. The van der Waals surface area contributed by atoms with Crippen molar-refractivity contribution < 1.29 is 4.74 Å². The van der Waals surface area contributed by atoms with E-state index in [1.165, 1.54) is 27.3 Å². The molecule has 0 saturated heterocycles. The maximum atomic E-state index is 5.98. The molecule has 0 amide bonds. The highest BCUT2D eigenvalue weighted by Crippen LogP contribution is 2.49. The molecule has 0 fully saturated rings. The van der Waals surface area contributed by atoms with Gasteiger partial charge in [0, 0.05) is 23.6 Å². The molecular weight excluding hydrogens is 426 g/mol. The summed E-state index contributed by atoms with van der Waals surface area (Å²) in [6.07, 6.45) is 2.94. The number of methoxy groups -OCH3 is 1. The largest absolute Gasteiger partial charge is 0.497 e. The zero-order chi connectivity index (χ0) is 23.4. The molecule has 3 aromatic carbocycles. The van der Waals surface area contributed by atoms with Crippen molar-refractivity contribution in [3.63, 3.8) is 0 Å². The summed E-state index contributed by atoms with van der Waals surface area (Å²) in [6, 6.07) is 23.9. The monoisotopic (exact) mass is 459 g/mol. The normalized spacial score (nSPS) is 15.8. The number of benzene rings is 3. The second-order valence-electron chi connectivity index (χ2n) is 8.62. The number of hydrogen-bond donors (Lipinski definition) is 2. The molecule has 172 valence electrons. The summed E-state index contributed by atoms with van der Waals surface area (Å²) in [6.45, 7) is 4.64. The van der Waals surface area contributed by atoms with E-state index in [2.05, 4.69) is 73.1 Å². The molecule has 1 aliphatic heterocycles. The zero-order valence-corrected chi connectivity index (χ0v) is 20.3. The first-order valence-corrected chi connectivity index (χ1v) is 12.3. The second-order valence-corrected chi connectivity index (χ2v) is 9.78. The van der Waals surface area contributed by atoms with Gasteiger partial charge in [0.2, 0.25) is 0 Å². The van der Waals surface area contributed by atoms with Gasteiger partial charge >= 0.3 is 0 Å². The molecule has 0 aliphatic carbocycles. The molecular formula is C28H33N3OS. The van der Waals surface area contributed by atoms with E-state index in [4.69, 9.17) is 16.2 Å². The molecule has 5 heteroatoms. The maximum Gasteiger partial charge on any atom is 0.120 e. The van der Waals surface area contributed by atoms with E-state index in [1.54, 1.807) is 7.11 Å². The van der Waals surface area contributed by atoms with E-state index in [0.29, 0.717) is 11.6 Å². The van der Waals surface area contributed by atoms with Gasteiger partial charge in [0.05, 0.1) is 18.2 Å². The smallest absolute Gasteiger partial charge is 0.120 e. The highest BCUT2D eigenvalue weighted by molar-refractivity contribution is 8.00. The van der Waals surface area contributed by atoms with Crippen molar-refractivity contribution in [2.24, 2.45) is 11.5 Å². The van der Waals surface area contributed by atoms with E-state index < -0.39 is 0 Å². The molecule has 4 nitrogen and oxygen atoms in total. The van der Waals surface area contributed by atoms with Crippen LogP contribution >= 0.6 is 11.8 Å². The minimum Gasteiger partial charge on any atom is -0.497 e. The summed E-state index contributed by atoms with van der Waals surface area (Å²) >= 11 is 1.91. The van der Waals surface area contributed by atoms with Gasteiger partial charge in [0.25, 0.3) is 0 Å². The van der Waals surface area contributed by atoms with E-state index in [1.807, 2.05) is 23.9 Å². The van der Waals surface area contributed by atoms with Gasteiger partial charge in [-0.3, -0.25) is 0 Å². The number of ether oxygens (including phenoxy) is 1. The highest BCUT2D eigenvalue weighted by atomic mass is 32.2. The predicted molar refractivity (Wildman–Crippen MR) is 141 cm³/mol. The Morgan fingerprint density at radius 2 is 1.88 bits per heavy atom. The number of rotatable bonds is 9. The number of likely N-dealkylation sites (N-methyl/N-ethyl adjacent to an activating group) is 1. The summed E-state index contributed by atoms with van der Waals surface area (Å²) in [7, 11) is 3.91. The van der Waals surface area contributed by atoms with Crippen LogP contribution in [-0.2, 0) is 12.8 Å². The fourth-order valence-corrected chi connectivity index (χ4v) is 5.94. The molecule has 1 aliphatic rings. The van der Waals surface area contributed by atoms with Crippen LogP contribution in [0.5, 0.6) is 5.75 Å². The molecule has 2 atom stereocenters. The van der Waals surface area contributed by atoms with Gasteiger partial charge in [0.15, 0.2) is 0 Å². The summed E-state index contributed by atoms with van der Waals surface area (Å²) in [5.41, 5.74) is 18.5. The fourth-order valence-electron chi connectivity index (χ4n) is 4.48. The fraction of sp³-hybridized carbons (Fsp3) is 0.286. The topological polar surface area (TPSA) is 64.5 Å². The first kappa shape index (κ1) is 23.3. The van der Waals surface area contributed by atoms with E-state index in [-0.39, 0.29) is 5.37 Å². The van der Waals surface area contributed by atoms with Gasteiger partial charge in [-0.1, -0.05) is 60.8 Å². The molecule has 2 unspecified atom stereocenters. The van der Waals surface area contributed by atoms with Crippen LogP contribution in [0.3, 0.4) is 0 Å². The molecule has 0 saturated carbocycles. The van der Waals surface area contributed by atoms with Crippen molar-refractivity contribution in [1.82, 2.24) is 0 Å². The Hall–Kier alpha value is -2.89. The summed E-state index contributed by atoms with van der Waals surface area (Å²) in [4.78, 5) is 3.66. The van der Waals surface area contributed by atoms with Gasteiger partial charge < -0.3 is 21.1 Å². The SMILES string of the molecule is C=C(N)c1cccc(CC(c2ccc(CCCN)cc2)C2Sc3cc(OC)ccc3N2C)c1. The lowest BCUT2D eigenvalue weighted by molar-refractivity contribution is 0.414. The van der Waals surface area contributed by atoms with Gasteiger partial charge in [0.1, 0.15) is 5.75 Å². The van der Waals surface area contributed by atoms with Crippen LogP contribution in [0.1, 0.15) is 34.6 Å². The first-order valence-electron chi connectivity index (χ1n) is 11.4. The Labute approximate surface area is 201 Å². The third-order valence-electron chi connectivity index (χ3n) is 6.35. The van der Waals surface area contributed by atoms with Crippen LogP contribution < -0.4 is 21.1 Å². The van der Waals surface area contributed by atoms with E-state index in [0.717, 1.165) is 37.1 Å². The third-order valence-corrected chi connectivity index (χ3v) is 7.82. The number of nitrogens with two attached hydrogens (primary N) is 2. The molecule has 0 bridgehead atoms. The van der Waals surface area contributed by atoms with Gasteiger partial charge in [-0.25, -0.2) is 0 Å². The van der Waals surface area contributed by atoms with Gasteiger partial charge in [-0.05, 0) is 72.3 Å². The number of nitrogens with zero attached hydrogens (tertiary/aromatic N) is 1. The van der Waals surface area contributed by atoms with Crippen LogP contribution in [0, 0.1) is 0 Å². The average molecular weight is 460 g/mol. The standard InChI is InChI=1S/C28H33N3OS/c1-19(30)23-8-4-6-21(16-23)17-25(22-11-9-20(10-12-22)7-5-15-29)28-31(2)26-14-13-24(32-3)18-27(26)33-28/h4,6,8-14,16,18,25,28H,1,5,7,15,17,29-30H2,2-3H3. The van der Waals surface area contributed by atoms with E-state index in [9.17, 15) is 0 Å². The Morgan fingerprint density at radius 1 is 1.09 bits per heavy atom. The van der Waals surface area contributed by atoms with E-state index >= 15 is 0 Å². The average Bonchev–Trinajstić information content (AvgIpc) is 3.17. The minimum absolute atomic E-state index is 0.270. The quantitative estimate of drug-likeness (QED) is 0.448. The van der Waals surface area contributed by atoms with Crippen molar-refractivity contribution in [2.75, 3.05) is 25.6 Å². The molecule has 0 aromatic heterocycles. The van der Waals surface area contributed by atoms with Crippen molar-refractivity contribution in [1.29, 1.82) is 0 Å². The minimum atomic E-state index is 0.270. The van der Waals surface area contributed by atoms with Crippen molar-refractivity contribution >= 4 is 23.1 Å². The van der Waals surface area contributed by atoms with Crippen molar-refractivity contribution in [2.45, 2.75) is 35.4 Å². The predicted octanol–water partition coefficient (Wildman–Crippen LogP) is 5.41. The van der Waals surface area contributed by atoms with Crippen LogP contribution in [0.2, 0.25) is 0 Å². The van der Waals surface area contributed by atoms with Crippen LogP contribution in [0.15, 0.2) is 78.2 Å². The molecule has 0 radical (unpaired) electrons. The van der Waals surface area contributed by atoms with Crippen LogP contribution in [-0.4, -0.2) is 26.1 Å². The third kappa shape index (κ3) is 5.21. The zero-order valence-electron chi connectivity index (χ0n) is 19.5. The molecule has 4 N–H and O–H groups in total. The Kier molecular flexibility index (Phi) is 7.31. The molecule has 4 rings (SSSR count). The lowest BCUT2D eigenvalue weighted by Crippen LogP contribution is -2.32. The number of thioether (sulfide) groups is 1. The lowest BCUT2D eigenvalue weighted by Gasteiger charge is -2.30. The Morgan fingerprint density at radius 3 is 2.58 bits per heavy atom. The second kappa shape index (κ2) is 10.4. The van der Waals surface area contributed by atoms with Gasteiger partial charge in [-0.15, -0.1) is 0 Å². The molecule has 0 spiro atoms. The number of fused-ring (bicyclic) bond motifs is 1. The van der Waals surface area contributed by atoms with Crippen molar-refractivity contribution in [3.8, 4) is 5.75 Å². The molecule has 33 heavy (non-hydrogen) atoms. The summed E-state index contributed by atoms with van der Waals surface area (Å²) < 4.78 is 5.47. The number of aryl methyl sites for hydroxylation is 1. The molecule has 3 aromatic rings. The number of anilines is 1. The summed E-state index contributed by atoms with van der Waals surface area (Å²) in [5, 5.41) is 0.270.